The highest BCUT2D eigenvalue weighted by Gasteiger charge is 2.31. The van der Waals surface area contributed by atoms with E-state index in [1.54, 1.807) is 18.3 Å². The summed E-state index contributed by atoms with van der Waals surface area (Å²) in [5.74, 6) is -0.143. The Labute approximate surface area is 266 Å². The van der Waals surface area contributed by atoms with Gasteiger partial charge in [-0.3, -0.25) is 14.5 Å². The summed E-state index contributed by atoms with van der Waals surface area (Å²) >= 11 is 1.47. The molecule has 6 rings (SSSR count). The Morgan fingerprint density at radius 1 is 1.07 bits per heavy atom. The number of sulfone groups is 1. The summed E-state index contributed by atoms with van der Waals surface area (Å²) in [5, 5.41) is 6.31. The Kier molecular flexibility index (Phi) is 8.99. The molecule has 2 aliphatic rings. The van der Waals surface area contributed by atoms with Crippen molar-refractivity contribution < 1.29 is 27.5 Å². The fraction of sp³-hybridized carbons (Fsp3) is 0.303. The molecular weight excluding hydrogens is 613 g/mol. The second kappa shape index (κ2) is 13.1. The highest BCUT2D eigenvalue weighted by molar-refractivity contribution is 7.91. The molecule has 4 aromatic rings. The summed E-state index contributed by atoms with van der Waals surface area (Å²) in [4.78, 5) is 33.4. The number of hydrogen-bond donors (Lipinski definition) is 2. The molecule has 45 heavy (non-hydrogen) atoms. The Morgan fingerprint density at radius 3 is 2.60 bits per heavy atom. The van der Waals surface area contributed by atoms with Gasteiger partial charge in [-0.25, -0.2) is 13.4 Å². The molecule has 2 atom stereocenters. The molecule has 234 valence electrons. The SMILES string of the molecule is C[C@@H]1CN(CCCOc2ccc(-c3ncc(CNC(=O)c4ccc5c(c4)NC(=O)c4ccccc4S5(=O)=O)s3)cc2)C[C@H](C)O1. The smallest absolute Gasteiger partial charge is 0.257 e. The fourth-order valence-corrected chi connectivity index (χ4v) is 8.08. The molecule has 3 aromatic carbocycles. The molecule has 2 N–H and O–H groups in total. The van der Waals surface area contributed by atoms with Crippen LogP contribution in [0.5, 0.6) is 5.75 Å². The van der Waals surface area contributed by atoms with Crippen molar-refractivity contribution in [3.8, 4) is 16.3 Å². The lowest BCUT2D eigenvalue weighted by Crippen LogP contribution is -2.45. The number of carbonyl (C=O) groups excluding carboxylic acids is 2. The van der Waals surface area contributed by atoms with Crippen LogP contribution >= 0.6 is 11.3 Å². The van der Waals surface area contributed by atoms with Gasteiger partial charge >= 0.3 is 0 Å². The van der Waals surface area contributed by atoms with Gasteiger partial charge in [-0.15, -0.1) is 11.3 Å². The average molecular weight is 647 g/mol. The number of rotatable bonds is 9. The van der Waals surface area contributed by atoms with Crippen molar-refractivity contribution in [2.24, 2.45) is 0 Å². The van der Waals surface area contributed by atoms with Gasteiger partial charge in [0.25, 0.3) is 11.8 Å². The van der Waals surface area contributed by atoms with Crippen LogP contribution in [-0.4, -0.2) is 68.6 Å². The molecule has 2 amide bonds. The molecule has 0 spiro atoms. The van der Waals surface area contributed by atoms with Crippen LogP contribution in [0.25, 0.3) is 10.6 Å². The van der Waals surface area contributed by atoms with Crippen LogP contribution in [0.15, 0.2) is 82.7 Å². The van der Waals surface area contributed by atoms with Gasteiger partial charge in [0.05, 0.1) is 46.4 Å². The normalized spacial score (nSPS) is 19.1. The Morgan fingerprint density at radius 2 is 1.82 bits per heavy atom. The summed E-state index contributed by atoms with van der Waals surface area (Å²) < 4.78 is 38.2. The Balaban J connectivity index is 1.02. The molecule has 10 nitrogen and oxygen atoms in total. The van der Waals surface area contributed by atoms with Gasteiger partial charge in [0.2, 0.25) is 9.84 Å². The monoisotopic (exact) mass is 646 g/mol. The highest BCUT2D eigenvalue weighted by atomic mass is 32.2. The van der Waals surface area contributed by atoms with Crippen molar-refractivity contribution in [1.82, 2.24) is 15.2 Å². The summed E-state index contributed by atoms with van der Waals surface area (Å²) in [6.07, 6.45) is 3.18. The van der Waals surface area contributed by atoms with E-state index >= 15 is 0 Å². The van der Waals surface area contributed by atoms with Gasteiger partial charge in [0.15, 0.2) is 0 Å². The number of hydrogen-bond acceptors (Lipinski definition) is 9. The van der Waals surface area contributed by atoms with Crippen LogP contribution in [0.2, 0.25) is 0 Å². The third kappa shape index (κ3) is 6.94. The van der Waals surface area contributed by atoms with Crippen molar-refractivity contribution in [3.63, 3.8) is 0 Å². The molecule has 2 aliphatic heterocycles. The summed E-state index contributed by atoms with van der Waals surface area (Å²) in [6, 6.07) is 18.0. The molecule has 0 saturated carbocycles. The number of morpholine rings is 1. The topological polar surface area (TPSA) is 127 Å². The first-order valence-electron chi connectivity index (χ1n) is 14.8. The largest absolute Gasteiger partial charge is 0.494 e. The van der Waals surface area contributed by atoms with E-state index in [-0.39, 0.29) is 45.4 Å². The number of amides is 2. The molecule has 0 unspecified atom stereocenters. The van der Waals surface area contributed by atoms with E-state index in [4.69, 9.17) is 9.47 Å². The van der Waals surface area contributed by atoms with Crippen LogP contribution in [0.1, 0.15) is 45.9 Å². The van der Waals surface area contributed by atoms with Crippen LogP contribution in [0.4, 0.5) is 5.69 Å². The van der Waals surface area contributed by atoms with E-state index in [1.807, 2.05) is 24.3 Å². The predicted molar refractivity (Wildman–Crippen MR) is 172 cm³/mol. The number of benzene rings is 3. The number of aromatic nitrogens is 1. The third-order valence-electron chi connectivity index (χ3n) is 7.66. The van der Waals surface area contributed by atoms with E-state index in [2.05, 4.69) is 34.4 Å². The number of thiazole rings is 1. The molecule has 1 aromatic heterocycles. The summed E-state index contributed by atoms with van der Waals surface area (Å²) in [6.45, 7) is 7.99. The predicted octanol–water partition coefficient (Wildman–Crippen LogP) is 5.02. The van der Waals surface area contributed by atoms with Gasteiger partial charge in [0.1, 0.15) is 10.8 Å². The lowest BCUT2D eigenvalue weighted by Gasteiger charge is -2.35. The van der Waals surface area contributed by atoms with Crippen LogP contribution in [0, 0.1) is 0 Å². The van der Waals surface area contributed by atoms with Gasteiger partial charge in [-0.1, -0.05) is 12.1 Å². The van der Waals surface area contributed by atoms with E-state index in [0.29, 0.717) is 6.61 Å². The average Bonchev–Trinajstić information content (AvgIpc) is 3.48. The van der Waals surface area contributed by atoms with Gasteiger partial charge < -0.3 is 20.1 Å². The molecular formula is C33H34N4O6S2. The maximum Gasteiger partial charge on any atom is 0.257 e. The molecule has 1 saturated heterocycles. The number of fused-ring (bicyclic) bond motifs is 2. The molecule has 0 aliphatic carbocycles. The first-order chi connectivity index (χ1) is 21.7. The molecule has 3 heterocycles. The number of ether oxygens (including phenoxy) is 2. The zero-order valence-corrected chi connectivity index (χ0v) is 26.6. The minimum absolute atomic E-state index is 0.0572. The van der Waals surface area contributed by atoms with Crippen molar-refractivity contribution in [2.45, 2.75) is 48.8 Å². The van der Waals surface area contributed by atoms with Gasteiger partial charge in [-0.05, 0) is 74.9 Å². The molecule has 1 fully saturated rings. The molecule has 0 bridgehead atoms. The zero-order chi connectivity index (χ0) is 31.6. The standard InChI is InChI=1S/C33H34N4O6S2/c1-21-19-37(20-22(2)43-21)14-5-15-42-25-11-8-23(9-12-25)33-35-18-26(44-33)17-34-31(38)24-10-13-30-28(16-24)36-32(39)27-6-3-4-7-29(27)45(30,40)41/h3-4,6-13,16,18,21-22H,5,14-15,17,19-20H2,1-2H3,(H,34,38)(H,36,39)/t21-,22+. The lowest BCUT2D eigenvalue weighted by molar-refractivity contribution is -0.0686. The lowest BCUT2D eigenvalue weighted by atomic mass is 10.1. The van der Waals surface area contributed by atoms with Crippen molar-refractivity contribution >= 4 is 38.7 Å². The Bertz CT molecular complexity index is 1810. The quantitative estimate of drug-likeness (QED) is 0.243. The first-order valence-corrected chi connectivity index (χ1v) is 17.1. The minimum Gasteiger partial charge on any atom is -0.494 e. The maximum absolute atomic E-state index is 13.2. The van der Waals surface area contributed by atoms with Crippen molar-refractivity contribution in [3.05, 3.63) is 88.9 Å². The fourth-order valence-electron chi connectivity index (χ4n) is 5.63. The molecule has 0 radical (unpaired) electrons. The maximum atomic E-state index is 13.2. The minimum atomic E-state index is -3.94. The van der Waals surface area contributed by atoms with Crippen molar-refractivity contribution in [2.75, 3.05) is 31.6 Å². The first kappa shape index (κ1) is 30.9. The van der Waals surface area contributed by atoms with E-state index < -0.39 is 21.7 Å². The van der Waals surface area contributed by atoms with Crippen LogP contribution in [-0.2, 0) is 21.1 Å². The second-order valence-corrected chi connectivity index (χ2v) is 14.2. The number of carbonyl (C=O) groups is 2. The van der Waals surface area contributed by atoms with Crippen LogP contribution < -0.4 is 15.4 Å². The second-order valence-electron chi connectivity index (χ2n) is 11.2. The third-order valence-corrected chi connectivity index (χ3v) is 10.6. The van der Waals surface area contributed by atoms with Crippen molar-refractivity contribution in [1.29, 1.82) is 0 Å². The number of anilines is 1. The van der Waals surface area contributed by atoms with E-state index in [9.17, 15) is 18.0 Å². The van der Waals surface area contributed by atoms with Gasteiger partial charge in [0, 0.05) is 41.8 Å². The van der Waals surface area contributed by atoms with Gasteiger partial charge in [-0.2, -0.15) is 0 Å². The van der Waals surface area contributed by atoms with E-state index in [0.717, 1.165) is 47.3 Å². The highest BCUT2D eigenvalue weighted by Crippen LogP contribution is 2.34. The van der Waals surface area contributed by atoms with Crippen LogP contribution in [0.3, 0.4) is 0 Å². The zero-order valence-electron chi connectivity index (χ0n) is 25.0. The van der Waals surface area contributed by atoms with E-state index in [1.165, 1.54) is 41.7 Å². The number of nitrogens with zero attached hydrogens (tertiary/aromatic N) is 2. The number of nitrogens with one attached hydrogen (secondary N) is 2. The summed E-state index contributed by atoms with van der Waals surface area (Å²) in [5.41, 5.74) is 1.30. The Hall–Kier alpha value is -4.10. The summed E-state index contributed by atoms with van der Waals surface area (Å²) in [7, 11) is -3.94. The molecule has 12 heteroatoms.